The zero-order chi connectivity index (χ0) is 32.9. The van der Waals surface area contributed by atoms with E-state index in [1.807, 2.05) is 54.6 Å². The number of imide groups is 1. The van der Waals surface area contributed by atoms with Crippen molar-refractivity contribution in [2.75, 3.05) is 13.2 Å². The van der Waals surface area contributed by atoms with Crippen LogP contribution in [0.1, 0.15) is 32.6 Å². The SMILES string of the molecule is NCc1ccc(CNC(=O)N(CCc2ccccc2)C(=O)C(Cc2ccc(OCC(F)(F)F)cc2)NC(=O)c2ccccc2)cc1. The molecule has 0 saturated carbocycles. The summed E-state index contributed by atoms with van der Waals surface area (Å²) in [6, 6.07) is 29.0. The third-order valence-corrected chi connectivity index (χ3v) is 7.09. The summed E-state index contributed by atoms with van der Waals surface area (Å²) in [6.45, 7) is -0.876. The van der Waals surface area contributed by atoms with Crippen molar-refractivity contribution in [3.05, 3.63) is 137 Å². The lowest BCUT2D eigenvalue weighted by molar-refractivity contribution is -0.153. The number of benzene rings is 4. The number of hydrogen-bond acceptors (Lipinski definition) is 5. The van der Waals surface area contributed by atoms with E-state index in [4.69, 9.17) is 10.5 Å². The maximum Gasteiger partial charge on any atom is 0.422 e. The fourth-order valence-corrected chi connectivity index (χ4v) is 4.61. The lowest BCUT2D eigenvalue weighted by atomic mass is 10.0. The number of carbonyl (C=O) groups excluding carboxylic acids is 3. The first kappa shape index (κ1) is 33.7. The molecular weight excluding hydrogens is 597 g/mol. The molecule has 0 saturated heterocycles. The third-order valence-electron chi connectivity index (χ3n) is 7.09. The molecule has 0 aliphatic heterocycles. The van der Waals surface area contributed by atoms with Gasteiger partial charge in [-0.2, -0.15) is 13.2 Å². The summed E-state index contributed by atoms with van der Waals surface area (Å²) in [5, 5.41) is 5.56. The number of halogens is 3. The van der Waals surface area contributed by atoms with Gasteiger partial charge in [-0.1, -0.05) is 84.9 Å². The molecule has 0 radical (unpaired) electrons. The molecule has 0 aliphatic rings. The first-order valence-electron chi connectivity index (χ1n) is 14.7. The Balaban J connectivity index is 1.57. The maximum atomic E-state index is 14.1. The van der Waals surface area contributed by atoms with E-state index >= 15 is 0 Å². The molecule has 1 atom stereocenters. The van der Waals surface area contributed by atoms with Crippen LogP contribution in [0.4, 0.5) is 18.0 Å². The molecule has 0 aromatic heterocycles. The van der Waals surface area contributed by atoms with Crippen LogP contribution in [0.3, 0.4) is 0 Å². The van der Waals surface area contributed by atoms with Gasteiger partial charge in [0.05, 0.1) is 0 Å². The van der Waals surface area contributed by atoms with E-state index in [1.54, 1.807) is 30.3 Å². The number of alkyl halides is 3. The van der Waals surface area contributed by atoms with Crippen LogP contribution in [0, 0.1) is 0 Å². The Bertz CT molecular complexity index is 1570. The summed E-state index contributed by atoms with van der Waals surface area (Å²) in [4.78, 5) is 42.0. The van der Waals surface area contributed by atoms with Gasteiger partial charge in [0.15, 0.2) is 6.61 Å². The molecule has 0 bridgehead atoms. The Hall–Kier alpha value is -5.16. The molecule has 11 heteroatoms. The summed E-state index contributed by atoms with van der Waals surface area (Å²) in [6.07, 6.45) is -4.15. The van der Waals surface area contributed by atoms with E-state index in [0.29, 0.717) is 24.1 Å². The number of nitrogens with one attached hydrogen (secondary N) is 2. The molecule has 8 nitrogen and oxygen atoms in total. The molecule has 4 N–H and O–H groups in total. The van der Waals surface area contributed by atoms with Crippen molar-refractivity contribution >= 4 is 17.8 Å². The van der Waals surface area contributed by atoms with Gasteiger partial charge in [-0.3, -0.25) is 14.5 Å². The van der Waals surface area contributed by atoms with Gasteiger partial charge in [-0.15, -0.1) is 0 Å². The normalized spacial score (nSPS) is 11.7. The van der Waals surface area contributed by atoms with Crippen molar-refractivity contribution in [2.45, 2.75) is 38.1 Å². The van der Waals surface area contributed by atoms with Crippen molar-refractivity contribution in [3.8, 4) is 5.75 Å². The standard InChI is InChI=1S/C35H35F3N4O4/c36-35(37,38)24-46-30-17-15-26(16-18-30)21-31(41-32(43)29-9-5-2-6-10-29)33(44)42(20-19-25-7-3-1-4-8-25)34(45)40-23-28-13-11-27(22-39)12-14-28/h1-18,31H,19-24,39H2,(H,40,45)(H,41,43). The van der Waals surface area contributed by atoms with Gasteiger partial charge in [0.2, 0.25) is 0 Å². The average molecular weight is 633 g/mol. The number of nitrogens with two attached hydrogens (primary N) is 1. The predicted molar refractivity (Wildman–Crippen MR) is 168 cm³/mol. The minimum absolute atomic E-state index is 0.000587. The van der Waals surface area contributed by atoms with Crippen LogP contribution < -0.4 is 21.1 Å². The van der Waals surface area contributed by atoms with Crippen LogP contribution >= 0.6 is 0 Å². The van der Waals surface area contributed by atoms with E-state index in [9.17, 15) is 27.6 Å². The lowest BCUT2D eigenvalue weighted by Gasteiger charge is -2.27. The molecule has 4 rings (SSSR count). The largest absolute Gasteiger partial charge is 0.484 e. The van der Waals surface area contributed by atoms with Gasteiger partial charge in [-0.25, -0.2) is 4.79 Å². The molecule has 0 fully saturated rings. The molecule has 1 unspecified atom stereocenters. The first-order chi connectivity index (χ1) is 22.1. The molecule has 0 heterocycles. The van der Waals surface area contributed by atoms with Gasteiger partial charge in [0.1, 0.15) is 11.8 Å². The second kappa shape index (κ2) is 16.2. The monoisotopic (exact) mass is 632 g/mol. The Kier molecular flexibility index (Phi) is 11.9. The van der Waals surface area contributed by atoms with Crippen LogP contribution in [0.15, 0.2) is 109 Å². The Labute approximate surface area is 265 Å². The number of carbonyl (C=O) groups is 3. The van der Waals surface area contributed by atoms with Gasteiger partial charge in [-0.05, 0) is 52.9 Å². The van der Waals surface area contributed by atoms with E-state index in [0.717, 1.165) is 21.6 Å². The molecular formula is C35H35F3N4O4. The summed E-state index contributed by atoms with van der Waals surface area (Å²) < 4.78 is 42.6. The third kappa shape index (κ3) is 10.5. The first-order valence-corrected chi connectivity index (χ1v) is 14.7. The Morgan fingerprint density at radius 3 is 1.96 bits per heavy atom. The average Bonchev–Trinajstić information content (AvgIpc) is 3.07. The zero-order valence-electron chi connectivity index (χ0n) is 25.0. The molecule has 46 heavy (non-hydrogen) atoms. The quantitative estimate of drug-likeness (QED) is 0.183. The fourth-order valence-electron chi connectivity index (χ4n) is 4.61. The highest BCUT2D eigenvalue weighted by Gasteiger charge is 2.31. The fraction of sp³-hybridized carbons (Fsp3) is 0.229. The summed E-state index contributed by atoms with van der Waals surface area (Å²) >= 11 is 0. The smallest absolute Gasteiger partial charge is 0.422 e. The molecule has 0 spiro atoms. The number of urea groups is 1. The predicted octanol–water partition coefficient (Wildman–Crippen LogP) is 5.41. The maximum absolute atomic E-state index is 14.1. The van der Waals surface area contributed by atoms with Gasteiger partial charge >= 0.3 is 12.2 Å². The van der Waals surface area contributed by atoms with Crippen molar-refractivity contribution in [3.63, 3.8) is 0 Å². The molecule has 4 amide bonds. The van der Waals surface area contributed by atoms with E-state index in [-0.39, 0.29) is 25.3 Å². The van der Waals surface area contributed by atoms with Gasteiger partial charge < -0.3 is 21.1 Å². The molecule has 4 aromatic carbocycles. The van der Waals surface area contributed by atoms with Crippen molar-refractivity contribution in [1.29, 1.82) is 0 Å². The van der Waals surface area contributed by atoms with Crippen molar-refractivity contribution < 1.29 is 32.3 Å². The number of rotatable bonds is 13. The van der Waals surface area contributed by atoms with Crippen LogP contribution in [-0.4, -0.2) is 48.1 Å². The highest BCUT2D eigenvalue weighted by Crippen LogP contribution is 2.20. The van der Waals surface area contributed by atoms with E-state index < -0.39 is 36.7 Å². The van der Waals surface area contributed by atoms with E-state index in [2.05, 4.69) is 10.6 Å². The molecule has 4 aromatic rings. The van der Waals surface area contributed by atoms with Crippen LogP contribution in [0.25, 0.3) is 0 Å². The van der Waals surface area contributed by atoms with E-state index in [1.165, 1.54) is 24.3 Å². The van der Waals surface area contributed by atoms with Crippen LogP contribution in [0.2, 0.25) is 0 Å². The topological polar surface area (TPSA) is 114 Å². The van der Waals surface area contributed by atoms with Gasteiger partial charge in [0, 0.05) is 31.6 Å². The van der Waals surface area contributed by atoms with Crippen molar-refractivity contribution in [2.24, 2.45) is 5.73 Å². The minimum atomic E-state index is -4.49. The number of hydrogen-bond donors (Lipinski definition) is 3. The summed E-state index contributed by atoms with van der Waals surface area (Å²) in [7, 11) is 0. The highest BCUT2D eigenvalue weighted by molar-refractivity contribution is 6.01. The number of nitrogens with zero attached hydrogens (tertiary/aromatic N) is 1. The number of ether oxygens (including phenoxy) is 1. The minimum Gasteiger partial charge on any atom is -0.484 e. The highest BCUT2D eigenvalue weighted by atomic mass is 19.4. The number of amides is 4. The second-order valence-corrected chi connectivity index (χ2v) is 10.5. The lowest BCUT2D eigenvalue weighted by Crippen LogP contribution is -2.54. The summed E-state index contributed by atoms with van der Waals surface area (Å²) in [5.41, 5.74) is 9.18. The van der Waals surface area contributed by atoms with Crippen LogP contribution in [0.5, 0.6) is 5.75 Å². The Morgan fingerprint density at radius 1 is 0.761 bits per heavy atom. The summed E-state index contributed by atoms with van der Waals surface area (Å²) in [5.74, 6) is -1.17. The van der Waals surface area contributed by atoms with Crippen LogP contribution in [-0.2, 0) is 30.7 Å². The molecule has 0 aliphatic carbocycles. The molecule has 240 valence electrons. The zero-order valence-corrected chi connectivity index (χ0v) is 25.0. The second-order valence-electron chi connectivity index (χ2n) is 10.5. The van der Waals surface area contributed by atoms with Gasteiger partial charge in [0.25, 0.3) is 11.8 Å². The van der Waals surface area contributed by atoms with Crippen molar-refractivity contribution in [1.82, 2.24) is 15.5 Å². The Morgan fingerprint density at radius 2 is 1.35 bits per heavy atom.